The number of aromatic nitrogens is 1. The van der Waals surface area contributed by atoms with E-state index in [-0.39, 0.29) is 24.8 Å². The summed E-state index contributed by atoms with van der Waals surface area (Å²) in [6.45, 7) is 0.384. The van der Waals surface area contributed by atoms with Crippen molar-refractivity contribution in [2.24, 2.45) is 0 Å². The van der Waals surface area contributed by atoms with Crippen LogP contribution in [-0.4, -0.2) is 23.3 Å². The van der Waals surface area contributed by atoms with E-state index in [0.29, 0.717) is 6.54 Å². The Labute approximate surface area is 146 Å². The van der Waals surface area contributed by atoms with E-state index in [1.165, 1.54) is 0 Å². The SMILES string of the molecule is O=C(CNC(=O)Cc1cccc2ccccc12)NCc1ccncc1. The quantitative estimate of drug-likeness (QED) is 0.726. The maximum absolute atomic E-state index is 12.1. The van der Waals surface area contributed by atoms with Gasteiger partial charge in [-0.25, -0.2) is 0 Å². The van der Waals surface area contributed by atoms with E-state index >= 15 is 0 Å². The highest BCUT2D eigenvalue weighted by molar-refractivity contribution is 5.91. The molecule has 2 N–H and O–H groups in total. The van der Waals surface area contributed by atoms with E-state index in [2.05, 4.69) is 15.6 Å². The Bertz CT molecular complexity index is 873. The normalized spacial score (nSPS) is 10.4. The van der Waals surface area contributed by atoms with Gasteiger partial charge in [-0.1, -0.05) is 42.5 Å². The van der Waals surface area contributed by atoms with Gasteiger partial charge in [-0.15, -0.1) is 0 Å². The molecule has 0 aliphatic heterocycles. The summed E-state index contributed by atoms with van der Waals surface area (Å²) in [4.78, 5) is 27.9. The van der Waals surface area contributed by atoms with Gasteiger partial charge in [0, 0.05) is 18.9 Å². The van der Waals surface area contributed by atoms with Crippen LogP contribution in [0.25, 0.3) is 10.8 Å². The third kappa shape index (κ3) is 4.64. The van der Waals surface area contributed by atoms with Crippen LogP contribution in [0.4, 0.5) is 0 Å². The first-order valence-electron chi connectivity index (χ1n) is 8.11. The highest BCUT2D eigenvalue weighted by atomic mass is 16.2. The number of nitrogens with one attached hydrogen (secondary N) is 2. The summed E-state index contributed by atoms with van der Waals surface area (Å²) >= 11 is 0. The molecule has 1 heterocycles. The first-order chi connectivity index (χ1) is 12.2. The molecule has 0 radical (unpaired) electrons. The number of carbonyl (C=O) groups is 2. The fourth-order valence-corrected chi connectivity index (χ4v) is 2.62. The molecule has 1 aromatic heterocycles. The number of hydrogen-bond acceptors (Lipinski definition) is 3. The van der Waals surface area contributed by atoms with Gasteiger partial charge in [-0.05, 0) is 34.0 Å². The van der Waals surface area contributed by atoms with E-state index in [0.717, 1.165) is 21.9 Å². The maximum Gasteiger partial charge on any atom is 0.239 e. The molecule has 3 aromatic rings. The smallest absolute Gasteiger partial charge is 0.239 e. The first-order valence-corrected chi connectivity index (χ1v) is 8.11. The average molecular weight is 333 g/mol. The number of benzene rings is 2. The van der Waals surface area contributed by atoms with Crippen molar-refractivity contribution in [3.8, 4) is 0 Å². The molecule has 0 aliphatic rings. The Morgan fingerprint density at radius 1 is 0.840 bits per heavy atom. The molecule has 2 amide bonds. The second kappa shape index (κ2) is 8.06. The van der Waals surface area contributed by atoms with E-state index in [1.807, 2.05) is 54.6 Å². The second-order valence-electron chi connectivity index (χ2n) is 5.72. The molecule has 5 nitrogen and oxygen atoms in total. The van der Waals surface area contributed by atoms with Crippen molar-refractivity contribution in [3.63, 3.8) is 0 Å². The van der Waals surface area contributed by atoms with Gasteiger partial charge in [0.05, 0.1) is 13.0 Å². The number of carbonyl (C=O) groups excluding carboxylic acids is 2. The zero-order chi connectivity index (χ0) is 17.5. The zero-order valence-corrected chi connectivity index (χ0v) is 13.7. The summed E-state index contributed by atoms with van der Waals surface area (Å²) in [7, 11) is 0. The predicted octanol–water partition coefficient (Wildman–Crippen LogP) is 2.21. The van der Waals surface area contributed by atoms with Crippen LogP contribution in [-0.2, 0) is 22.6 Å². The van der Waals surface area contributed by atoms with Crippen LogP contribution in [0.1, 0.15) is 11.1 Å². The summed E-state index contributed by atoms with van der Waals surface area (Å²) in [6, 6.07) is 17.5. The predicted molar refractivity (Wildman–Crippen MR) is 96.7 cm³/mol. The summed E-state index contributed by atoms with van der Waals surface area (Å²) in [6.07, 6.45) is 3.60. The molecular weight excluding hydrogens is 314 g/mol. The van der Waals surface area contributed by atoms with Crippen LogP contribution in [0.2, 0.25) is 0 Å². The van der Waals surface area contributed by atoms with Crippen molar-refractivity contribution >= 4 is 22.6 Å². The van der Waals surface area contributed by atoms with Crippen LogP contribution in [0.5, 0.6) is 0 Å². The molecule has 0 saturated heterocycles. The van der Waals surface area contributed by atoms with Gasteiger partial charge in [-0.3, -0.25) is 14.6 Å². The van der Waals surface area contributed by atoms with Gasteiger partial charge in [0.1, 0.15) is 0 Å². The molecule has 0 saturated carbocycles. The van der Waals surface area contributed by atoms with Crippen molar-refractivity contribution < 1.29 is 9.59 Å². The van der Waals surface area contributed by atoms with Crippen LogP contribution in [0.3, 0.4) is 0 Å². The monoisotopic (exact) mass is 333 g/mol. The van der Waals surface area contributed by atoms with Crippen LogP contribution < -0.4 is 10.6 Å². The molecular formula is C20H19N3O2. The molecule has 0 spiro atoms. The summed E-state index contributed by atoms with van der Waals surface area (Å²) in [5.74, 6) is -0.390. The number of fused-ring (bicyclic) bond motifs is 1. The van der Waals surface area contributed by atoms with Gasteiger partial charge >= 0.3 is 0 Å². The number of pyridine rings is 1. The van der Waals surface area contributed by atoms with Crippen molar-refractivity contribution in [3.05, 3.63) is 78.1 Å². The van der Waals surface area contributed by atoms with Gasteiger partial charge in [0.25, 0.3) is 0 Å². The third-order valence-electron chi connectivity index (χ3n) is 3.92. The van der Waals surface area contributed by atoms with Crippen molar-refractivity contribution in [1.82, 2.24) is 15.6 Å². The molecule has 3 rings (SSSR count). The summed E-state index contributed by atoms with van der Waals surface area (Å²) < 4.78 is 0. The Balaban J connectivity index is 1.50. The van der Waals surface area contributed by atoms with Crippen molar-refractivity contribution in [2.75, 3.05) is 6.54 Å². The van der Waals surface area contributed by atoms with Crippen LogP contribution in [0.15, 0.2) is 67.0 Å². The Morgan fingerprint density at radius 3 is 2.44 bits per heavy atom. The zero-order valence-electron chi connectivity index (χ0n) is 13.7. The molecule has 126 valence electrons. The van der Waals surface area contributed by atoms with Gasteiger partial charge in [0.15, 0.2) is 0 Å². The fraction of sp³-hybridized carbons (Fsp3) is 0.150. The minimum Gasteiger partial charge on any atom is -0.350 e. The molecule has 0 bridgehead atoms. The molecule has 25 heavy (non-hydrogen) atoms. The second-order valence-corrected chi connectivity index (χ2v) is 5.72. The number of hydrogen-bond donors (Lipinski definition) is 2. The number of nitrogens with zero attached hydrogens (tertiary/aromatic N) is 1. The van der Waals surface area contributed by atoms with E-state index in [9.17, 15) is 9.59 Å². The first kappa shape index (κ1) is 16.6. The van der Waals surface area contributed by atoms with Crippen molar-refractivity contribution in [1.29, 1.82) is 0 Å². The molecule has 5 heteroatoms. The minimum absolute atomic E-state index is 0.0331. The van der Waals surface area contributed by atoms with E-state index in [4.69, 9.17) is 0 Å². The molecule has 0 fully saturated rings. The average Bonchev–Trinajstić information content (AvgIpc) is 2.66. The lowest BCUT2D eigenvalue weighted by atomic mass is 10.0. The van der Waals surface area contributed by atoms with Gasteiger partial charge in [0.2, 0.25) is 11.8 Å². The van der Waals surface area contributed by atoms with Gasteiger partial charge < -0.3 is 10.6 Å². The molecule has 0 atom stereocenters. The van der Waals surface area contributed by atoms with Crippen LogP contribution >= 0.6 is 0 Å². The highest BCUT2D eigenvalue weighted by Gasteiger charge is 2.08. The van der Waals surface area contributed by atoms with Gasteiger partial charge in [-0.2, -0.15) is 0 Å². The summed E-state index contributed by atoms with van der Waals surface area (Å²) in [5, 5.41) is 7.59. The maximum atomic E-state index is 12.1. The van der Waals surface area contributed by atoms with Crippen molar-refractivity contribution in [2.45, 2.75) is 13.0 Å². The lowest BCUT2D eigenvalue weighted by Crippen LogP contribution is -2.37. The molecule has 2 aromatic carbocycles. The lowest BCUT2D eigenvalue weighted by molar-refractivity contribution is -0.125. The topological polar surface area (TPSA) is 71.1 Å². The minimum atomic E-state index is -0.219. The van der Waals surface area contributed by atoms with E-state index in [1.54, 1.807) is 12.4 Å². The van der Waals surface area contributed by atoms with E-state index < -0.39 is 0 Å². The molecule has 0 aliphatic carbocycles. The number of amides is 2. The Kier molecular flexibility index (Phi) is 5.36. The lowest BCUT2D eigenvalue weighted by Gasteiger charge is -2.09. The number of rotatable bonds is 6. The highest BCUT2D eigenvalue weighted by Crippen LogP contribution is 2.18. The Morgan fingerprint density at radius 2 is 1.60 bits per heavy atom. The standard InChI is InChI=1S/C20H19N3O2/c24-19(12-17-6-3-5-16-4-1-2-7-18(16)17)23-14-20(25)22-13-15-8-10-21-11-9-15/h1-11H,12-14H2,(H,22,25)(H,23,24). The third-order valence-corrected chi connectivity index (χ3v) is 3.92. The van der Waals surface area contributed by atoms with Crippen LogP contribution in [0, 0.1) is 0 Å². The molecule has 0 unspecified atom stereocenters. The Hall–Kier alpha value is -3.21. The fourth-order valence-electron chi connectivity index (χ4n) is 2.62. The summed E-state index contributed by atoms with van der Waals surface area (Å²) in [5.41, 5.74) is 1.92. The largest absolute Gasteiger partial charge is 0.350 e.